The Hall–Kier alpha value is -2.59. The number of carbonyl (C=O) groups is 2. The molecule has 0 saturated heterocycles. The average Bonchev–Trinajstić information content (AvgIpc) is 3.44. The molecule has 1 aliphatic carbocycles. The van der Waals surface area contributed by atoms with E-state index in [0.29, 0.717) is 23.2 Å². The van der Waals surface area contributed by atoms with Crippen LogP contribution in [0.4, 0.5) is 0 Å². The molecule has 3 rings (SSSR count). The molecule has 2 amide bonds. The molecular formula is C20H19ClN2O2. The SMILES string of the molecule is O=C(/C=C/c1ccc(C(=O)NC2CC2)cc1)NCc1ccc(Cl)cc1. The lowest BCUT2D eigenvalue weighted by Gasteiger charge is -2.04. The maximum absolute atomic E-state index is 11.9. The van der Waals surface area contributed by atoms with E-state index in [0.717, 1.165) is 24.0 Å². The fraction of sp³-hybridized carbons (Fsp3) is 0.200. The predicted molar refractivity (Wildman–Crippen MR) is 99.3 cm³/mol. The molecule has 5 heteroatoms. The fourth-order valence-electron chi connectivity index (χ4n) is 2.26. The van der Waals surface area contributed by atoms with Gasteiger partial charge >= 0.3 is 0 Å². The van der Waals surface area contributed by atoms with Crippen molar-refractivity contribution in [3.63, 3.8) is 0 Å². The molecule has 2 N–H and O–H groups in total. The molecule has 4 nitrogen and oxygen atoms in total. The molecule has 0 aliphatic heterocycles. The average molecular weight is 355 g/mol. The summed E-state index contributed by atoms with van der Waals surface area (Å²) in [4.78, 5) is 23.8. The van der Waals surface area contributed by atoms with Gasteiger partial charge in [-0.05, 0) is 54.3 Å². The van der Waals surface area contributed by atoms with Crippen molar-refractivity contribution in [2.75, 3.05) is 0 Å². The highest BCUT2D eigenvalue weighted by molar-refractivity contribution is 6.30. The third-order valence-corrected chi connectivity index (χ3v) is 4.14. The first-order valence-corrected chi connectivity index (χ1v) is 8.59. The van der Waals surface area contributed by atoms with Gasteiger partial charge in [-0.25, -0.2) is 0 Å². The van der Waals surface area contributed by atoms with Crippen LogP contribution in [0.1, 0.15) is 34.3 Å². The van der Waals surface area contributed by atoms with E-state index < -0.39 is 0 Å². The van der Waals surface area contributed by atoms with Crippen molar-refractivity contribution in [3.8, 4) is 0 Å². The molecule has 25 heavy (non-hydrogen) atoms. The lowest BCUT2D eigenvalue weighted by Crippen LogP contribution is -2.25. The summed E-state index contributed by atoms with van der Waals surface area (Å²) in [6.07, 6.45) is 5.34. The summed E-state index contributed by atoms with van der Waals surface area (Å²) in [6, 6.07) is 14.9. The Morgan fingerprint density at radius 2 is 1.72 bits per heavy atom. The summed E-state index contributed by atoms with van der Waals surface area (Å²) in [7, 11) is 0. The van der Waals surface area contributed by atoms with Gasteiger partial charge < -0.3 is 10.6 Å². The maximum atomic E-state index is 11.9. The van der Waals surface area contributed by atoms with Gasteiger partial charge in [0, 0.05) is 29.2 Å². The topological polar surface area (TPSA) is 58.2 Å². The summed E-state index contributed by atoms with van der Waals surface area (Å²) < 4.78 is 0. The van der Waals surface area contributed by atoms with Crippen LogP contribution >= 0.6 is 11.6 Å². The molecule has 0 spiro atoms. The molecular weight excluding hydrogens is 336 g/mol. The number of halogens is 1. The summed E-state index contributed by atoms with van der Waals surface area (Å²) in [5.74, 6) is -0.218. The van der Waals surface area contributed by atoms with Gasteiger partial charge in [-0.3, -0.25) is 9.59 Å². The van der Waals surface area contributed by atoms with Gasteiger partial charge in [-0.1, -0.05) is 35.9 Å². The largest absolute Gasteiger partial charge is 0.349 e. The van der Waals surface area contributed by atoms with Crippen molar-refractivity contribution in [1.29, 1.82) is 0 Å². The third-order valence-electron chi connectivity index (χ3n) is 3.89. The van der Waals surface area contributed by atoms with Crippen molar-refractivity contribution in [2.24, 2.45) is 0 Å². The number of hydrogen-bond acceptors (Lipinski definition) is 2. The van der Waals surface area contributed by atoms with E-state index in [1.54, 1.807) is 30.3 Å². The zero-order valence-corrected chi connectivity index (χ0v) is 14.4. The van der Waals surface area contributed by atoms with Crippen LogP contribution in [0.15, 0.2) is 54.6 Å². The van der Waals surface area contributed by atoms with Crippen LogP contribution in [-0.4, -0.2) is 17.9 Å². The minimum absolute atomic E-state index is 0.0428. The minimum Gasteiger partial charge on any atom is -0.349 e. The van der Waals surface area contributed by atoms with E-state index >= 15 is 0 Å². The fourth-order valence-corrected chi connectivity index (χ4v) is 2.39. The van der Waals surface area contributed by atoms with Gasteiger partial charge in [-0.15, -0.1) is 0 Å². The molecule has 0 heterocycles. The third kappa shape index (κ3) is 5.47. The molecule has 0 unspecified atom stereocenters. The highest BCUT2D eigenvalue weighted by Gasteiger charge is 2.23. The monoisotopic (exact) mass is 354 g/mol. The van der Waals surface area contributed by atoms with E-state index in [2.05, 4.69) is 10.6 Å². The van der Waals surface area contributed by atoms with Crippen LogP contribution in [0.2, 0.25) is 5.02 Å². The highest BCUT2D eigenvalue weighted by Crippen LogP contribution is 2.19. The standard InChI is InChI=1S/C20H19ClN2O2/c21-17-8-3-15(4-9-17)13-22-19(24)12-5-14-1-6-16(7-2-14)20(25)23-18-10-11-18/h1-9,12,18H,10-11,13H2,(H,22,24)(H,23,25)/b12-5+. The summed E-state index contributed by atoms with van der Waals surface area (Å²) >= 11 is 5.83. The van der Waals surface area contributed by atoms with Gasteiger partial charge in [-0.2, -0.15) is 0 Å². The Balaban J connectivity index is 1.49. The van der Waals surface area contributed by atoms with Gasteiger partial charge in [0.25, 0.3) is 5.91 Å². The van der Waals surface area contributed by atoms with Crippen molar-refractivity contribution < 1.29 is 9.59 Å². The number of amides is 2. The highest BCUT2D eigenvalue weighted by atomic mass is 35.5. The van der Waals surface area contributed by atoms with Crippen LogP contribution in [0.25, 0.3) is 6.08 Å². The van der Waals surface area contributed by atoms with E-state index in [4.69, 9.17) is 11.6 Å². The second-order valence-electron chi connectivity index (χ2n) is 6.05. The Bertz CT molecular complexity index is 778. The van der Waals surface area contributed by atoms with E-state index in [9.17, 15) is 9.59 Å². The van der Waals surface area contributed by atoms with Crippen LogP contribution in [0.3, 0.4) is 0 Å². The summed E-state index contributed by atoms with van der Waals surface area (Å²) in [5.41, 5.74) is 2.48. The molecule has 0 radical (unpaired) electrons. The summed E-state index contributed by atoms with van der Waals surface area (Å²) in [5, 5.41) is 6.43. The molecule has 1 aliphatic rings. The van der Waals surface area contributed by atoms with Gasteiger partial charge in [0.05, 0.1) is 0 Å². The molecule has 0 aromatic heterocycles. The molecule has 1 fully saturated rings. The second-order valence-corrected chi connectivity index (χ2v) is 6.48. The zero-order valence-electron chi connectivity index (χ0n) is 13.7. The molecule has 0 atom stereocenters. The van der Waals surface area contributed by atoms with Crippen molar-refractivity contribution in [2.45, 2.75) is 25.4 Å². The Labute approximate surface area is 151 Å². The van der Waals surface area contributed by atoms with E-state index in [-0.39, 0.29) is 11.8 Å². The van der Waals surface area contributed by atoms with Crippen molar-refractivity contribution in [1.82, 2.24) is 10.6 Å². The molecule has 0 bridgehead atoms. The number of rotatable bonds is 6. The quantitative estimate of drug-likeness (QED) is 0.779. The van der Waals surface area contributed by atoms with Gasteiger partial charge in [0.15, 0.2) is 0 Å². The molecule has 2 aromatic carbocycles. The lowest BCUT2D eigenvalue weighted by molar-refractivity contribution is -0.116. The maximum Gasteiger partial charge on any atom is 0.251 e. The molecule has 1 saturated carbocycles. The van der Waals surface area contributed by atoms with Crippen molar-refractivity contribution >= 4 is 29.5 Å². The van der Waals surface area contributed by atoms with Crippen LogP contribution < -0.4 is 10.6 Å². The smallest absolute Gasteiger partial charge is 0.251 e. The van der Waals surface area contributed by atoms with Gasteiger partial charge in [0.1, 0.15) is 0 Å². The Kier molecular flexibility index (Phi) is 5.51. The minimum atomic E-state index is -0.175. The lowest BCUT2D eigenvalue weighted by atomic mass is 10.1. The van der Waals surface area contributed by atoms with Crippen LogP contribution in [0, 0.1) is 0 Å². The number of nitrogens with one attached hydrogen (secondary N) is 2. The first-order valence-electron chi connectivity index (χ1n) is 8.21. The molecule has 2 aromatic rings. The van der Waals surface area contributed by atoms with Gasteiger partial charge in [0.2, 0.25) is 5.91 Å². The zero-order chi connectivity index (χ0) is 17.6. The molecule has 128 valence electrons. The van der Waals surface area contributed by atoms with E-state index in [1.165, 1.54) is 6.08 Å². The first kappa shape index (κ1) is 17.2. The Morgan fingerprint density at radius 3 is 2.36 bits per heavy atom. The second kappa shape index (κ2) is 7.99. The Morgan fingerprint density at radius 1 is 1.04 bits per heavy atom. The van der Waals surface area contributed by atoms with Crippen LogP contribution in [0.5, 0.6) is 0 Å². The van der Waals surface area contributed by atoms with Crippen LogP contribution in [-0.2, 0) is 11.3 Å². The van der Waals surface area contributed by atoms with E-state index in [1.807, 2.05) is 24.3 Å². The first-order chi connectivity index (χ1) is 12.1. The predicted octanol–water partition coefficient (Wildman–Crippen LogP) is 3.56. The van der Waals surface area contributed by atoms with Crippen molar-refractivity contribution in [3.05, 3.63) is 76.3 Å². The number of carbonyl (C=O) groups excluding carboxylic acids is 2. The summed E-state index contributed by atoms with van der Waals surface area (Å²) in [6.45, 7) is 0.445. The number of hydrogen-bond donors (Lipinski definition) is 2. The normalized spacial score (nSPS) is 13.6. The number of benzene rings is 2.